The summed E-state index contributed by atoms with van der Waals surface area (Å²) in [5.41, 5.74) is 2.43. The normalized spacial score (nSPS) is 30.1. The van der Waals surface area contributed by atoms with E-state index < -0.39 is 0 Å². The first-order chi connectivity index (χ1) is 10.7. The molecule has 2 amide bonds. The molecule has 22 heavy (non-hydrogen) atoms. The summed E-state index contributed by atoms with van der Waals surface area (Å²) in [4.78, 5) is 16.8. The fraction of sp³-hybridized carbons (Fsp3) is 0.588. The Labute approximate surface area is 131 Å². The SMILES string of the molecule is CN1CCN(C(=O)NC2CC3CCC2O3)Cc2ccccc21. The largest absolute Gasteiger partial charge is 0.373 e. The Kier molecular flexibility index (Phi) is 3.45. The molecule has 0 saturated carbocycles. The lowest BCUT2D eigenvalue weighted by Crippen LogP contribution is -2.48. The molecular weight excluding hydrogens is 278 g/mol. The molecule has 3 aliphatic rings. The van der Waals surface area contributed by atoms with Crippen molar-refractivity contribution in [2.24, 2.45) is 0 Å². The Bertz CT molecular complexity index is 577. The third-order valence-electron chi connectivity index (χ3n) is 5.17. The molecule has 3 heterocycles. The lowest BCUT2D eigenvalue weighted by Gasteiger charge is -2.26. The summed E-state index contributed by atoms with van der Waals surface area (Å²) in [6.07, 6.45) is 3.81. The van der Waals surface area contributed by atoms with Crippen molar-refractivity contribution in [1.29, 1.82) is 0 Å². The van der Waals surface area contributed by atoms with Crippen LogP contribution in [-0.2, 0) is 11.3 Å². The van der Waals surface area contributed by atoms with Gasteiger partial charge in [0.2, 0.25) is 0 Å². The molecule has 0 aromatic heterocycles. The van der Waals surface area contributed by atoms with Gasteiger partial charge in [-0.1, -0.05) is 18.2 Å². The number of fused-ring (bicyclic) bond motifs is 3. The standard InChI is InChI=1S/C17H23N3O2/c1-19-8-9-20(11-12-4-2-3-5-15(12)19)17(21)18-14-10-13-6-7-16(14)22-13/h2-5,13-14,16H,6-11H2,1H3,(H,18,21). The maximum absolute atomic E-state index is 12.6. The maximum atomic E-state index is 12.6. The number of nitrogens with one attached hydrogen (secondary N) is 1. The summed E-state index contributed by atoms with van der Waals surface area (Å²) >= 11 is 0. The second-order valence-corrected chi connectivity index (χ2v) is 6.64. The summed E-state index contributed by atoms with van der Waals surface area (Å²) < 4.78 is 5.83. The summed E-state index contributed by atoms with van der Waals surface area (Å²) in [7, 11) is 2.09. The molecule has 0 aliphatic carbocycles. The number of hydrogen-bond acceptors (Lipinski definition) is 3. The summed E-state index contributed by atoms with van der Waals surface area (Å²) in [6.45, 7) is 2.28. The highest BCUT2D eigenvalue weighted by atomic mass is 16.5. The fourth-order valence-corrected chi connectivity index (χ4v) is 3.91. The molecule has 2 saturated heterocycles. The van der Waals surface area contributed by atoms with Gasteiger partial charge in [0.05, 0.1) is 18.2 Å². The third kappa shape index (κ3) is 2.43. The van der Waals surface area contributed by atoms with Crippen molar-refractivity contribution < 1.29 is 9.53 Å². The van der Waals surface area contributed by atoms with Crippen LogP contribution < -0.4 is 10.2 Å². The zero-order valence-electron chi connectivity index (χ0n) is 13.0. The Hall–Kier alpha value is -1.75. The summed E-state index contributed by atoms with van der Waals surface area (Å²) in [5, 5.41) is 3.20. The molecule has 3 aliphatic heterocycles. The van der Waals surface area contributed by atoms with Crippen molar-refractivity contribution in [2.75, 3.05) is 25.0 Å². The average molecular weight is 301 g/mol. The van der Waals surface area contributed by atoms with E-state index in [1.165, 1.54) is 11.3 Å². The predicted molar refractivity (Wildman–Crippen MR) is 85.0 cm³/mol. The molecule has 5 nitrogen and oxygen atoms in total. The van der Waals surface area contributed by atoms with E-state index in [-0.39, 0.29) is 18.2 Å². The van der Waals surface area contributed by atoms with Crippen LogP contribution >= 0.6 is 0 Å². The number of amides is 2. The maximum Gasteiger partial charge on any atom is 0.318 e. The molecule has 5 heteroatoms. The third-order valence-corrected chi connectivity index (χ3v) is 5.17. The van der Waals surface area contributed by atoms with Crippen molar-refractivity contribution in [3.05, 3.63) is 29.8 Å². The first-order valence-electron chi connectivity index (χ1n) is 8.20. The van der Waals surface area contributed by atoms with E-state index in [1.54, 1.807) is 0 Å². The topological polar surface area (TPSA) is 44.8 Å². The number of likely N-dealkylation sites (N-methyl/N-ethyl adjacent to an activating group) is 1. The number of rotatable bonds is 1. The number of hydrogen-bond donors (Lipinski definition) is 1. The number of carbonyl (C=O) groups is 1. The molecule has 3 atom stereocenters. The van der Waals surface area contributed by atoms with Crippen molar-refractivity contribution in [3.8, 4) is 0 Å². The summed E-state index contributed by atoms with van der Waals surface area (Å²) in [5.74, 6) is 0. The van der Waals surface area contributed by atoms with Crippen LogP contribution in [0.3, 0.4) is 0 Å². The van der Waals surface area contributed by atoms with Gasteiger partial charge in [-0.2, -0.15) is 0 Å². The first kappa shape index (κ1) is 13.9. The van der Waals surface area contributed by atoms with Gasteiger partial charge in [-0.15, -0.1) is 0 Å². The van der Waals surface area contributed by atoms with Crippen molar-refractivity contribution in [1.82, 2.24) is 10.2 Å². The van der Waals surface area contributed by atoms with Gasteiger partial charge in [0.15, 0.2) is 0 Å². The number of ether oxygens (including phenoxy) is 1. The van der Waals surface area contributed by atoms with Crippen LogP contribution in [0.25, 0.3) is 0 Å². The number of para-hydroxylation sites is 1. The molecule has 4 rings (SSSR count). The lowest BCUT2D eigenvalue weighted by atomic mass is 9.96. The highest BCUT2D eigenvalue weighted by molar-refractivity contribution is 5.75. The Balaban J connectivity index is 1.45. The molecule has 3 unspecified atom stereocenters. The zero-order chi connectivity index (χ0) is 15.1. The van der Waals surface area contributed by atoms with E-state index in [2.05, 4.69) is 35.5 Å². The Morgan fingerprint density at radius 1 is 1.27 bits per heavy atom. The smallest absolute Gasteiger partial charge is 0.318 e. The molecule has 0 spiro atoms. The van der Waals surface area contributed by atoms with E-state index >= 15 is 0 Å². The second-order valence-electron chi connectivity index (χ2n) is 6.64. The highest BCUT2D eigenvalue weighted by Crippen LogP contribution is 2.34. The minimum absolute atomic E-state index is 0.0475. The van der Waals surface area contributed by atoms with E-state index in [4.69, 9.17) is 4.74 Å². The van der Waals surface area contributed by atoms with Gasteiger partial charge in [0.1, 0.15) is 0 Å². The van der Waals surface area contributed by atoms with Gasteiger partial charge < -0.3 is 19.9 Å². The molecule has 1 N–H and O–H groups in total. The number of nitrogens with zero attached hydrogens (tertiary/aromatic N) is 2. The minimum atomic E-state index is 0.0475. The van der Waals surface area contributed by atoms with Crippen LogP contribution in [0.15, 0.2) is 24.3 Å². The van der Waals surface area contributed by atoms with E-state index in [9.17, 15) is 4.79 Å². The molecule has 1 aromatic carbocycles. The molecule has 118 valence electrons. The molecule has 2 fully saturated rings. The van der Waals surface area contributed by atoms with E-state index in [1.807, 2.05) is 11.0 Å². The minimum Gasteiger partial charge on any atom is -0.373 e. The van der Waals surface area contributed by atoms with Gasteiger partial charge >= 0.3 is 6.03 Å². The van der Waals surface area contributed by atoms with Crippen LogP contribution in [0, 0.1) is 0 Å². The number of benzene rings is 1. The molecule has 0 radical (unpaired) electrons. The van der Waals surface area contributed by atoms with Gasteiger partial charge in [0, 0.05) is 32.4 Å². The Morgan fingerprint density at radius 2 is 2.14 bits per heavy atom. The average Bonchev–Trinajstić information content (AvgIpc) is 3.09. The zero-order valence-corrected chi connectivity index (χ0v) is 13.0. The van der Waals surface area contributed by atoms with Crippen LogP contribution in [0.5, 0.6) is 0 Å². The quantitative estimate of drug-likeness (QED) is 0.862. The predicted octanol–water partition coefficient (Wildman–Crippen LogP) is 1.97. The van der Waals surface area contributed by atoms with E-state index in [0.29, 0.717) is 12.6 Å². The second kappa shape index (κ2) is 5.47. The monoisotopic (exact) mass is 301 g/mol. The van der Waals surface area contributed by atoms with Crippen LogP contribution in [0.2, 0.25) is 0 Å². The van der Waals surface area contributed by atoms with Crippen LogP contribution in [0.1, 0.15) is 24.8 Å². The fourth-order valence-electron chi connectivity index (χ4n) is 3.91. The number of urea groups is 1. The number of carbonyl (C=O) groups excluding carboxylic acids is 1. The first-order valence-corrected chi connectivity index (χ1v) is 8.20. The Morgan fingerprint density at radius 3 is 2.91 bits per heavy atom. The van der Waals surface area contributed by atoms with Crippen LogP contribution in [-0.4, -0.2) is 49.3 Å². The van der Waals surface area contributed by atoms with Gasteiger partial charge in [-0.3, -0.25) is 0 Å². The van der Waals surface area contributed by atoms with Crippen molar-refractivity contribution >= 4 is 11.7 Å². The van der Waals surface area contributed by atoms with Crippen molar-refractivity contribution in [2.45, 2.75) is 44.1 Å². The van der Waals surface area contributed by atoms with Gasteiger partial charge in [-0.05, 0) is 30.9 Å². The van der Waals surface area contributed by atoms with E-state index in [0.717, 1.165) is 32.4 Å². The molecule has 2 bridgehead atoms. The summed E-state index contributed by atoms with van der Waals surface area (Å²) in [6, 6.07) is 8.57. The molecule has 1 aromatic rings. The lowest BCUT2D eigenvalue weighted by molar-refractivity contribution is 0.0969. The highest BCUT2D eigenvalue weighted by Gasteiger charge is 2.41. The molecular formula is C17H23N3O2. The number of anilines is 1. The van der Waals surface area contributed by atoms with Gasteiger partial charge in [-0.25, -0.2) is 4.79 Å². The van der Waals surface area contributed by atoms with Crippen molar-refractivity contribution in [3.63, 3.8) is 0 Å². The van der Waals surface area contributed by atoms with Crippen LogP contribution in [0.4, 0.5) is 10.5 Å². The van der Waals surface area contributed by atoms with Gasteiger partial charge in [0.25, 0.3) is 0 Å².